The van der Waals surface area contributed by atoms with Gasteiger partial charge in [0.1, 0.15) is 18.0 Å². The highest BCUT2D eigenvalue weighted by Gasteiger charge is 2.73. The quantitative estimate of drug-likeness (QED) is 0.559. The fourth-order valence-electron chi connectivity index (χ4n) is 7.74. The fraction of sp³-hybridized carbons (Fsp3) is 0.792. The zero-order valence-corrected chi connectivity index (χ0v) is 18.7. The van der Waals surface area contributed by atoms with Gasteiger partial charge in [0.15, 0.2) is 0 Å². The van der Waals surface area contributed by atoms with Gasteiger partial charge in [-0.3, -0.25) is 14.4 Å². The summed E-state index contributed by atoms with van der Waals surface area (Å²) in [6, 6.07) is 0. The Hall–Kier alpha value is -1.69. The van der Waals surface area contributed by atoms with E-state index in [1.54, 1.807) is 0 Å². The number of Topliss-reactive ketones (excluding diaryl/α,β-unsaturated/α-hetero) is 1. The van der Waals surface area contributed by atoms with E-state index in [1.165, 1.54) is 13.8 Å². The van der Waals surface area contributed by atoms with E-state index < -0.39 is 23.0 Å². The molecule has 4 aliphatic carbocycles. The smallest absolute Gasteiger partial charge is 0.302 e. The van der Waals surface area contributed by atoms with Gasteiger partial charge < -0.3 is 14.6 Å². The van der Waals surface area contributed by atoms with Crippen LogP contribution in [0.2, 0.25) is 0 Å². The van der Waals surface area contributed by atoms with E-state index in [9.17, 15) is 19.5 Å². The summed E-state index contributed by atoms with van der Waals surface area (Å²) >= 11 is 0. The summed E-state index contributed by atoms with van der Waals surface area (Å²) in [4.78, 5) is 37.5. The largest absolute Gasteiger partial charge is 0.462 e. The summed E-state index contributed by atoms with van der Waals surface area (Å²) in [5.41, 5.74) is -2.03. The number of hydrogen-bond donors (Lipinski definition) is 1. The van der Waals surface area contributed by atoms with Crippen LogP contribution in [-0.4, -0.2) is 41.6 Å². The predicted molar refractivity (Wildman–Crippen MR) is 109 cm³/mol. The average Bonchev–Trinajstić information content (AvgIpc) is 2.83. The van der Waals surface area contributed by atoms with Crippen molar-refractivity contribution in [1.82, 2.24) is 0 Å². The Bertz CT molecular complexity index is 819. The first-order valence-electron chi connectivity index (χ1n) is 11.1. The van der Waals surface area contributed by atoms with Gasteiger partial charge in [-0.15, -0.1) is 0 Å². The van der Waals surface area contributed by atoms with Crippen LogP contribution in [0.5, 0.6) is 0 Å². The first-order chi connectivity index (χ1) is 13.9. The topological polar surface area (TPSA) is 89.9 Å². The fourth-order valence-corrected chi connectivity index (χ4v) is 7.74. The molecular weight excluding hydrogens is 384 g/mol. The van der Waals surface area contributed by atoms with Crippen molar-refractivity contribution in [2.24, 2.45) is 33.5 Å². The number of rotatable bonds is 3. The van der Waals surface area contributed by atoms with E-state index >= 15 is 0 Å². The predicted octanol–water partition coefficient (Wildman–Crippen LogP) is 3.21. The van der Waals surface area contributed by atoms with Crippen LogP contribution < -0.4 is 0 Å². The summed E-state index contributed by atoms with van der Waals surface area (Å²) in [5.74, 6) is -0.703. The molecule has 0 amide bonds. The molecule has 4 rings (SSSR count). The minimum atomic E-state index is -0.797. The minimum Gasteiger partial charge on any atom is -0.462 e. The Labute approximate surface area is 178 Å². The lowest BCUT2D eigenvalue weighted by Gasteiger charge is -2.65. The van der Waals surface area contributed by atoms with Gasteiger partial charge in [-0.05, 0) is 42.9 Å². The van der Waals surface area contributed by atoms with Crippen molar-refractivity contribution >= 4 is 17.7 Å². The minimum absolute atomic E-state index is 0.0246. The molecule has 3 fully saturated rings. The molecule has 4 aliphatic rings. The zero-order valence-electron chi connectivity index (χ0n) is 18.7. The van der Waals surface area contributed by atoms with Gasteiger partial charge in [0.05, 0.1) is 12.0 Å². The molecule has 30 heavy (non-hydrogen) atoms. The van der Waals surface area contributed by atoms with Gasteiger partial charge in [-0.2, -0.15) is 0 Å². The van der Waals surface area contributed by atoms with Crippen molar-refractivity contribution in [3.8, 4) is 0 Å². The number of hydrogen-bond acceptors (Lipinski definition) is 6. The summed E-state index contributed by atoms with van der Waals surface area (Å²) in [6.45, 7) is 8.93. The number of fused-ring (bicyclic) bond motifs is 3. The van der Waals surface area contributed by atoms with Crippen LogP contribution in [0, 0.1) is 33.5 Å². The molecule has 1 N–H and O–H groups in total. The van der Waals surface area contributed by atoms with Gasteiger partial charge in [0.25, 0.3) is 0 Å². The third-order valence-corrected chi connectivity index (χ3v) is 9.20. The van der Waals surface area contributed by atoms with Crippen LogP contribution in [0.25, 0.3) is 0 Å². The maximum absolute atomic E-state index is 13.8. The molecule has 6 heteroatoms. The summed E-state index contributed by atoms with van der Waals surface area (Å²) in [5, 5.41) is 10.4. The molecule has 6 nitrogen and oxygen atoms in total. The first-order valence-corrected chi connectivity index (χ1v) is 11.1. The number of aliphatic hydroxyl groups is 1. The Morgan fingerprint density at radius 2 is 1.70 bits per heavy atom. The highest BCUT2D eigenvalue weighted by molar-refractivity contribution is 5.91. The van der Waals surface area contributed by atoms with Crippen molar-refractivity contribution in [2.75, 3.05) is 6.61 Å². The highest BCUT2D eigenvalue weighted by Crippen LogP contribution is 2.71. The lowest BCUT2D eigenvalue weighted by Crippen LogP contribution is -2.68. The Balaban J connectivity index is 1.79. The Morgan fingerprint density at radius 3 is 2.30 bits per heavy atom. The molecule has 0 aromatic carbocycles. The van der Waals surface area contributed by atoms with Crippen LogP contribution in [0.15, 0.2) is 12.2 Å². The van der Waals surface area contributed by atoms with Crippen LogP contribution in [0.3, 0.4) is 0 Å². The van der Waals surface area contributed by atoms with Gasteiger partial charge in [0.2, 0.25) is 0 Å². The Kier molecular flexibility index (Phi) is 4.78. The maximum Gasteiger partial charge on any atom is 0.302 e. The molecule has 0 saturated heterocycles. The molecule has 0 radical (unpaired) electrons. The molecule has 0 aromatic rings. The van der Waals surface area contributed by atoms with Crippen molar-refractivity contribution in [3.63, 3.8) is 0 Å². The summed E-state index contributed by atoms with van der Waals surface area (Å²) in [7, 11) is 0. The standard InChI is InChI=1S/C24H34O6/c1-14(26)29-19-7-9-22(4)16-6-8-21(3)10-11-24(16,20(21)30-15(2)27)18(28)12-17(22)23(19,5)13-25/h10-11,16-17,19-20,25H,6-9,12-13H2,1-5H3/t16-,17-,19+,20-,21+,22-,23+,24+/m0/s1. The Morgan fingerprint density at radius 1 is 1.03 bits per heavy atom. The molecule has 0 heterocycles. The van der Waals surface area contributed by atoms with Gasteiger partial charge in [0, 0.05) is 31.1 Å². The molecule has 8 atom stereocenters. The maximum atomic E-state index is 13.8. The lowest BCUT2D eigenvalue weighted by molar-refractivity contribution is -0.223. The number of carbonyl (C=O) groups is 3. The van der Waals surface area contributed by atoms with Crippen LogP contribution >= 0.6 is 0 Å². The molecule has 3 saturated carbocycles. The van der Waals surface area contributed by atoms with Crippen molar-refractivity contribution < 1.29 is 29.0 Å². The third-order valence-electron chi connectivity index (χ3n) is 9.20. The van der Waals surface area contributed by atoms with Crippen LogP contribution in [-0.2, 0) is 23.9 Å². The number of ether oxygens (including phenoxy) is 2. The number of aliphatic hydroxyl groups excluding tert-OH is 1. The normalized spacial score (nSPS) is 49.2. The van der Waals surface area contributed by atoms with Crippen LogP contribution in [0.4, 0.5) is 0 Å². The van der Waals surface area contributed by atoms with Crippen molar-refractivity contribution in [2.45, 2.75) is 78.9 Å². The molecular formula is C24H34O6. The highest BCUT2D eigenvalue weighted by atomic mass is 16.5. The molecule has 0 aromatic heterocycles. The zero-order chi connectivity index (χ0) is 22.1. The summed E-state index contributed by atoms with van der Waals surface area (Å²) in [6.07, 6.45) is 6.74. The second kappa shape index (κ2) is 6.65. The second-order valence-electron chi connectivity index (χ2n) is 10.8. The molecule has 2 bridgehead atoms. The molecule has 1 spiro atoms. The number of carbonyl (C=O) groups excluding carboxylic acids is 3. The average molecular weight is 419 g/mol. The SMILES string of the molecule is CC(=O)O[C@@H]1[C@]23C=C[C@@]1(C)CC[C@H]2[C@]1(C)CC[C@@H](OC(C)=O)[C@](C)(CO)[C@H]1CC3=O. The van der Waals surface area contributed by atoms with E-state index in [0.717, 1.165) is 19.3 Å². The van der Waals surface area contributed by atoms with E-state index in [-0.39, 0.29) is 47.0 Å². The lowest BCUT2D eigenvalue weighted by atomic mass is 9.39. The van der Waals surface area contributed by atoms with E-state index in [4.69, 9.17) is 9.47 Å². The molecule has 166 valence electrons. The van der Waals surface area contributed by atoms with Gasteiger partial charge in [-0.1, -0.05) is 32.9 Å². The first kappa shape index (κ1) is 21.5. The van der Waals surface area contributed by atoms with Crippen molar-refractivity contribution in [3.05, 3.63) is 12.2 Å². The third kappa shape index (κ3) is 2.61. The van der Waals surface area contributed by atoms with Gasteiger partial charge >= 0.3 is 11.9 Å². The second-order valence-corrected chi connectivity index (χ2v) is 10.8. The van der Waals surface area contributed by atoms with Gasteiger partial charge in [-0.25, -0.2) is 0 Å². The van der Waals surface area contributed by atoms with E-state index in [1.807, 2.05) is 13.0 Å². The van der Waals surface area contributed by atoms with Crippen molar-refractivity contribution in [1.29, 1.82) is 0 Å². The van der Waals surface area contributed by atoms with E-state index in [0.29, 0.717) is 12.8 Å². The van der Waals surface area contributed by atoms with Crippen LogP contribution in [0.1, 0.15) is 66.7 Å². The molecule has 0 unspecified atom stereocenters. The van der Waals surface area contributed by atoms with E-state index in [2.05, 4.69) is 19.9 Å². The monoisotopic (exact) mass is 418 g/mol. The number of esters is 2. The number of ketones is 1. The molecule has 0 aliphatic heterocycles. The summed E-state index contributed by atoms with van der Waals surface area (Å²) < 4.78 is 11.5.